The van der Waals surface area contributed by atoms with E-state index < -0.39 is 0 Å². The van der Waals surface area contributed by atoms with E-state index in [9.17, 15) is 4.79 Å². The molecule has 1 aliphatic heterocycles. The van der Waals surface area contributed by atoms with E-state index in [1.54, 1.807) is 0 Å². The molecule has 0 radical (unpaired) electrons. The molecule has 0 unspecified atom stereocenters. The lowest BCUT2D eigenvalue weighted by Gasteiger charge is -2.36. The summed E-state index contributed by atoms with van der Waals surface area (Å²) in [7, 11) is 1.89. The van der Waals surface area contributed by atoms with Gasteiger partial charge in [-0.2, -0.15) is 0 Å². The number of carbonyl (C=O) groups is 1. The third-order valence-corrected chi connectivity index (χ3v) is 5.71. The van der Waals surface area contributed by atoms with Crippen molar-refractivity contribution in [1.29, 1.82) is 0 Å². The summed E-state index contributed by atoms with van der Waals surface area (Å²) in [6, 6.07) is 10.6. The van der Waals surface area contributed by atoms with Gasteiger partial charge in [0.15, 0.2) is 0 Å². The normalized spacial score (nSPS) is 14.9. The van der Waals surface area contributed by atoms with E-state index in [1.165, 1.54) is 11.1 Å². The summed E-state index contributed by atoms with van der Waals surface area (Å²) in [5, 5.41) is 0. The smallest absolute Gasteiger partial charge is 0.236 e. The van der Waals surface area contributed by atoms with Crippen LogP contribution in [-0.2, 0) is 17.8 Å². The molecule has 0 N–H and O–H groups in total. The fourth-order valence-corrected chi connectivity index (χ4v) is 3.68. The molecule has 1 saturated heterocycles. The second-order valence-electron chi connectivity index (χ2n) is 8.56. The Morgan fingerprint density at radius 3 is 2.30 bits per heavy atom. The van der Waals surface area contributed by atoms with Crippen LogP contribution in [0.15, 0.2) is 30.3 Å². The first kappa shape index (κ1) is 22.2. The minimum absolute atomic E-state index is 0.169. The number of rotatable bonds is 7. The van der Waals surface area contributed by atoms with Crippen LogP contribution >= 0.6 is 0 Å². The molecular weight excluding hydrogens is 374 g/mol. The lowest BCUT2D eigenvalue weighted by atomic mass is 10.1. The van der Waals surface area contributed by atoms with E-state index in [0.29, 0.717) is 19.0 Å². The number of hydrogen-bond donors (Lipinski definition) is 0. The molecule has 162 valence electrons. The topological polar surface area (TPSA) is 52.6 Å². The quantitative estimate of drug-likeness (QED) is 0.703. The van der Waals surface area contributed by atoms with Crippen molar-refractivity contribution in [2.45, 2.75) is 46.6 Å². The number of anilines is 1. The minimum Gasteiger partial charge on any atom is -0.354 e. The van der Waals surface area contributed by atoms with Crippen molar-refractivity contribution in [2.24, 2.45) is 0 Å². The van der Waals surface area contributed by atoms with Gasteiger partial charge >= 0.3 is 0 Å². The van der Waals surface area contributed by atoms with Crippen molar-refractivity contribution in [1.82, 2.24) is 19.8 Å². The Labute approximate surface area is 180 Å². The van der Waals surface area contributed by atoms with Gasteiger partial charge in [0.05, 0.1) is 6.54 Å². The maximum atomic E-state index is 12.7. The third kappa shape index (κ3) is 5.79. The predicted molar refractivity (Wildman–Crippen MR) is 122 cm³/mol. The molecule has 1 aromatic heterocycles. The van der Waals surface area contributed by atoms with Crippen LogP contribution in [0.25, 0.3) is 0 Å². The van der Waals surface area contributed by atoms with Gasteiger partial charge in [-0.15, -0.1) is 0 Å². The summed E-state index contributed by atoms with van der Waals surface area (Å²) in [5.74, 6) is 2.39. The maximum Gasteiger partial charge on any atom is 0.236 e. The number of carbonyl (C=O) groups excluding carboxylic acids is 1. The SMILES string of the molecule is CCc1ccc(CN(C)C(=O)CN2CCN(c3cc(C)nc(C(C)C)n3)CC2)cc1. The molecule has 1 aliphatic rings. The first-order valence-corrected chi connectivity index (χ1v) is 11.0. The maximum absolute atomic E-state index is 12.7. The fraction of sp³-hybridized carbons (Fsp3) is 0.542. The van der Waals surface area contributed by atoms with E-state index in [0.717, 1.165) is 49.9 Å². The highest BCUT2D eigenvalue weighted by atomic mass is 16.2. The molecule has 0 spiro atoms. The van der Waals surface area contributed by atoms with Crippen LogP contribution in [-0.4, -0.2) is 65.4 Å². The number of amides is 1. The molecule has 0 aliphatic carbocycles. The van der Waals surface area contributed by atoms with Crippen LogP contribution in [0.5, 0.6) is 0 Å². The molecular formula is C24H35N5O. The summed E-state index contributed by atoms with van der Waals surface area (Å²) < 4.78 is 0. The fourth-order valence-electron chi connectivity index (χ4n) is 3.68. The first-order chi connectivity index (χ1) is 14.4. The Morgan fingerprint density at radius 2 is 1.70 bits per heavy atom. The predicted octanol–water partition coefficient (Wildman–Crippen LogP) is 3.25. The van der Waals surface area contributed by atoms with Gasteiger partial charge in [0, 0.05) is 57.4 Å². The molecule has 0 bridgehead atoms. The number of hydrogen-bond acceptors (Lipinski definition) is 5. The summed E-state index contributed by atoms with van der Waals surface area (Å²) in [5.41, 5.74) is 3.51. The van der Waals surface area contributed by atoms with Crippen molar-refractivity contribution >= 4 is 11.7 Å². The Kier molecular flexibility index (Phi) is 7.43. The average Bonchev–Trinajstić information content (AvgIpc) is 2.74. The van der Waals surface area contributed by atoms with E-state index in [1.807, 2.05) is 18.9 Å². The molecule has 3 rings (SSSR count). The number of aryl methyl sites for hydroxylation is 2. The van der Waals surface area contributed by atoms with E-state index in [4.69, 9.17) is 4.98 Å². The average molecular weight is 410 g/mol. The Balaban J connectivity index is 1.50. The lowest BCUT2D eigenvalue weighted by Crippen LogP contribution is -2.50. The molecule has 1 fully saturated rings. The second-order valence-corrected chi connectivity index (χ2v) is 8.56. The van der Waals surface area contributed by atoms with E-state index in [-0.39, 0.29) is 5.91 Å². The van der Waals surface area contributed by atoms with Crippen LogP contribution in [0.2, 0.25) is 0 Å². The number of nitrogens with zero attached hydrogens (tertiary/aromatic N) is 5. The van der Waals surface area contributed by atoms with Gasteiger partial charge < -0.3 is 9.80 Å². The van der Waals surface area contributed by atoms with Crippen molar-refractivity contribution in [3.63, 3.8) is 0 Å². The highest BCUT2D eigenvalue weighted by Gasteiger charge is 2.22. The van der Waals surface area contributed by atoms with Crippen LogP contribution in [0, 0.1) is 6.92 Å². The zero-order valence-corrected chi connectivity index (χ0v) is 19.1. The molecule has 2 heterocycles. The van der Waals surface area contributed by atoms with E-state index >= 15 is 0 Å². The molecule has 1 aromatic carbocycles. The summed E-state index contributed by atoms with van der Waals surface area (Å²) in [4.78, 5) is 28.4. The van der Waals surface area contributed by atoms with Gasteiger partial charge in [0.2, 0.25) is 5.91 Å². The van der Waals surface area contributed by atoms with Gasteiger partial charge in [0.25, 0.3) is 0 Å². The molecule has 6 nitrogen and oxygen atoms in total. The molecule has 30 heavy (non-hydrogen) atoms. The van der Waals surface area contributed by atoms with Crippen molar-refractivity contribution in [3.8, 4) is 0 Å². The van der Waals surface area contributed by atoms with Gasteiger partial charge in [-0.3, -0.25) is 9.69 Å². The van der Waals surface area contributed by atoms with Crippen molar-refractivity contribution in [3.05, 3.63) is 53.0 Å². The summed E-state index contributed by atoms with van der Waals surface area (Å²) in [6.45, 7) is 13.0. The highest BCUT2D eigenvalue weighted by Crippen LogP contribution is 2.18. The molecule has 0 saturated carbocycles. The summed E-state index contributed by atoms with van der Waals surface area (Å²) >= 11 is 0. The Morgan fingerprint density at radius 1 is 1.07 bits per heavy atom. The number of benzene rings is 1. The van der Waals surface area contributed by atoms with Gasteiger partial charge in [-0.05, 0) is 24.5 Å². The molecule has 2 aromatic rings. The molecule has 6 heteroatoms. The van der Waals surface area contributed by atoms with Crippen molar-refractivity contribution in [2.75, 3.05) is 44.7 Å². The summed E-state index contributed by atoms with van der Waals surface area (Å²) in [6.07, 6.45) is 1.04. The molecule has 0 atom stereocenters. The van der Waals surface area contributed by atoms with Gasteiger partial charge in [-0.25, -0.2) is 9.97 Å². The number of aromatic nitrogens is 2. The van der Waals surface area contributed by atoms with Crippen LogP contribution in [0.3, 0.4) is 0 Å². The number of piperazine rings is 1. The molecule has 1 amide bonds. The largest absolute Gasteiger partial charge is 0.354 e. The van der Waals surface area contributed by atoms with E-state index in [2.05, 4.69) is 65.9 Å². The monoisotopic (exact) mass is 409 g/mol. The van der Waals surface area contributed by atoms with Crippen LogP contribution in [0.4, 0.5) is 5.82 Å². The van der Waals surface area contributed by atoms with Gasteiger partial charge in [-0.1, -0.05) is 45.0 Å². The Bertz CT molecular complexity index is 841. The Hall–Kier alpha value is -2.47. The van der Waals surface area contributed by atoms with Crippen LogP contribution in [0.1, 0.15) is 49.3 Å². The second kappa shape index (κ2) is 10.0. The first-order valence-electron chi connectivity index (χ1n) is 11.0. The van der Waals surface area contributed by atoms with Crippen molar-refractivity contribution < 1.29 is 4.79 Å². The third-order valence-electron chi connectivity index (χ3n) is 5.71. The zero-order chi connectivity index (χ0) is 21.7. The minimum atomic E-state index is 0.169. The highest BCUT2D eigenvalue weighted by molar-refractivity contribution is 5.78. The standard InChI is InChI=1S/C24H35N5O/c1-6-20-7-9-21(10-8-20)16-27(5)23(30)17-28-11-13-29(14-12-28)22-15-19(4)25-24(26-22)18(2)3/h7-10,15,18H,6,11-14,16-17H2,1-5H3. The lowest BCUT2D eigenvalue weighted by molar-refractivity contribution is -0.131. The zero-order valence-electron chi connectivity index (χ0n) is 19.1. The van der Waals surface area contributed by atoms with Crippen LogP contribution < -0.4 is 4.90 Å². The van der Waals surface area contributed by atoms with Gasteiger partial charge in [0.1, 0.15) is 11.6 Å². The number of likely N-dealkylation sites (N-methyl/N-ethyl adjacent to an activating group) is 1.